The average molecular weight is 460 g/mol. The maximum absolute atomic E-state index is 12.5. The zero-order valence-corrected chi connectivity index (χ0v) is 16.8. The number of hydrogen-bond acceptors (Lipinski definition) is 5. The molecule has 0 aliphatic heterocycles. The van der Waals surface area contributed by atoms with Crippen LogP contribution in [0.5, 0.6) is 0 Å². The van der Waals surface area contributed by atoms with E-state index >= 15 is 0 Å². The van der Waals surface area contributed by atoms with Crippen molar-refractivity contribution < 1.29 is 13.2 Å². The molecule has 0 saturated heterocycles. The molecule has 3 aromatic carbocycles. The van der Waals surface area contributed by atoms with Crippen LogP contribution in [0, 0.1) is 4.91 Å². The van der Waals surface area contributed by atoms with Gasteiger partial charge in [-0.2, -0.15) is 0 Å². The molecule has 0 aromatic heterocycles. The summed E-state index contributed by atoms with van der Waals surface area (Å²) >= 11 is 3.31. The van der Waals surface area contributed by atoms with E-state index in [1.54, 1.807) is 54.6 Å². The second-order valence-corrected chi connectivity index (χ2v) is 7.46. The number of halogens is 1. The van der Waals surface area contributed by atoms with E-state index in [1.807, 2.05) is 0 Å². The van der Waals surface area contributed by atoms with Gasteiger partial charge in [-0.25, -0.2) is 12.7 Å². The molecule has 0 aliphatic rings. The lowest BCUT2D eigenvalue weighted by atomic mass is 10.1. The summed E-state index contributed by atoms with van der Waals surface area (Å²) in [5, 5.41) is 5.49. The van der Waals surface area contributed by atoms with Gasteiger partial charge in [0.25, 0.3) is 5.91 Å². The molecule has 0 aliphatic carbocycles. The van der Waals surface area contributed by atoms with Gasteiger partial charge in [-0.15, -0.1) is 4.91 Å². The molecule has 0 saturated carbocycles. The van der Waals surface area contributed by atoms with Crippen LogP contribution in [0.25, 0.3) is 0 Å². The lowest BCUT2D eigenvalue weighted by Gasteiger charge is -2.18. The van der Waals surface area contributed by atoms with Crippen molar-refractivity contribution in [3.63, 3.8) is 0 Å². The highest BCUT2D eigenvalue weighted by atomic mass is 79.9. The van der Waals surface area contributed by atoms with Gasteiger partial charge in [0.15, 0.2) is 0 Å². The van der Waals surface area contributed by atoms with Crippen LogP contribution >= 0.6 is 15.9 Å². The van der Waals surface area contributed by atoms with Crippen molar-refractivity contribution in [3.8, 4) is 0 Å². The summed E-state index contributed by atoms with van der Waals surface area (Å²) in [5.41, 5.74) is 1.64. The minimum atomic E-state index is -2.97. The lowest BCUT2D eigenvalue weighted by molar-refractivity contribution is 0.102. The number of amides is 1. The van der Waals surface area contributed by atoms with Crippen molar-refractivity contribution in [2.45, 2.75) is 0 Å². The molecule has 7 nitrogen and oxygen atoms in total. The van der Waals surface area contributed by atoms with Crippen molar-refractivity contribution in [1.29, 1.82) is 0 Å². The van der Waals surface area contributed by atoms with E-state index in [1.165, 1.54) is 18.2 Å². The van der Waals surface area contributed by atoms with Crippen LogP contribution in [-0.2, 0) is 10.9 Å². The molecular weight excluding hydrogens is 446 g/mol. The number of carbonyl (C=O) groups is 1. The zero-order valence-electron chi connectivity index (χ0n) is 14.3. The first-order valence-corrected chi connectivity index (χ1v) is 9.95. The van der Waals surface area contributed by atoms with Crippen LogP contribution in [0.3, 0.4) is 0 Å². The van der Waals surface area contributed by atoms with Gasteiger partial charge in [-0.05, 0) is 65.8 Å². The van der Waals surface area contributed by atoms with E-state index in [2.05, 4.69) is 26.4 Å². The number of nitrogens with zero attached hydrogens (tertiary/aromatic N) is 2. The van der Waals surface area contributed by atoms with Crippen molar-refractivity contribution in [3.05, 3.63) is 87.7 Å². The zero-order chi connectivity index (χ0) is 20.1. The van der Waals surface area contributed by atoms with Gasteiger partial charge in [-0.3, -0.25) is 4.79 Å². The van der Waals surface area contributed by atoms with E-state index in [9.17, 15) is 18.1 Å². The van der Waals surface area contributed by atoms with E-state index in [-0.39, 0.29) is 11.3 Å². The molecule has 3 rings (SSSR count). The Morgan fingerprint density at radius 1 is 0.929 bits per heavy atom. The highest BCUT2D eigenvalue weighted by Gasteiger charge is 2.14. The predicted molar refractivity (Wildman–Crippen MR) is 113 cm³/mol. The Labute approximate surface area is 171 Å². The normalized spacial score (nSPS) is 10.5. The number of carbonyl (C=O) groups excluding carboxylic acids is 1. The molecular formula is C19H14BrN3O4S. The van der Waals surface area contributed by atoms with E-state index < -0.39 is 16.8 Å². The third-order valence-electron chi connectivity index (χ3n) is 3.80. The second kappa shape index (κ2) is 8.77. The van der Waals surface area contributed by atoms with E-state index in [0.29, 0.717) is 17.1 Å². The first kappa shape index (κ1) is 19.7. The van der Waals surface area contributed by atoms with Crippen molar-refractivity contribution in [1.82, 2.24) is 0 Å². The molecule has 0 bridgehead atoms. The standard InChI is InChI=1S/C19H14BrN3O4S/c20-14-7-9-17(10-8-14)23(28(26)27)18-6-1-3-13(11-18)19(24)21-15-4-2-5-16(12-15)22-25/h1-12,28H,(H,21,24). The summed E-state index contributed by atoms with van der Waals surface area (Å²) in [4.78, 5) is 23.2. The fraction of sp³-hybridized carbons (Fsp3) is 0. The molecule has 0 fully saturated rings. The van der Waals surface area contributed by atoms with Crippen molar-refractivity contribution >= 4 is 55.5 Å². The van der Waals surface area contributed by atoms with Gasteiger partial charge in [0.1, 0.15) is 5.69 Å². The third-order valence-corrected chi connectivity index (χ3v) is 5.11. The van der Waals surface area contributed by atoms with Crippen LogP contribution in [-0.4, -0.2) is 14.3 Å². The fourth-order valence-corrected chi connectivity index (χ4v) is 3.44. The Morgan fingerprint density at radius 2 is 1.64 bits per heavy atom. The molecule has 28 heavy (non-hydrogen) atoms. The van der Waals surface area contributed by atoms with Gasteiger partial charge in [0.05, 0.1) is 11.4 Å². The topological polar surface area (TPSA) is 95.9 Å². The van der Waals surface area contributed by atoms with Crippen molar-refractivity contribution in [2.75, 3.05) is 9.62 Å². The number of rotatable bonds is 6. The van der Waals surface area contributed by atoms with Gasteiger partial charge < -0.3 is 5.32 Å². The maximum atomic E-state index is 12.5. The summed E-state index contributed by atoms with van der Waals surface area (Å²) in [6.07, 6.45) is 0. The number of hydrogen-bond donors (Lipinski definition) is 2. The number of anilines is 3. The Balaban J connectivity index is 1.90. The van der Waals surface area contributed by atoms with Crippen molar-refractivity contribution in [2.24, 2.45) is 5.18 Å². The summed E-state index contributed by atoms with van der Waals surface area (Å²) in [6, 6.07) is 19.2. The highest BCUT2D eigenvalue weighted by molar-refractivity contribution is 9.10. The number of nitroso groups, excluding NO2 is 1. The Hall–Kier alpha value is -3.04. The third kappa shape index (κ3) is 4.62. The Bertz CT molecular complexity index is 1090. The summed E-state index contributed by atoms with van der Waals surface area (Å²) < 4.78 is 25.6. The van der Waals surface area contributed by atoms with Gasteiger partial charge >= 0.3 is 0 Å². The quantitative estimate of drug-likeness (QED) is 0.410. The van der Waals surface area contributed by atoms with Gasteiger partial charge in [0, 0.05) is 15.7 Å². The molecule has 0 radical (unpaired) electrons. The van der Waals surface area contributed by atoms with Crippen LogP contribution < -0.4 is 9.62 Å². The smallest absolute Gasteiger partial charge is 0.255 e. The second-order valence-electron chi connectivity index (χ2n) is 5.67. The fourth-order valence-electron chi connectivity index (χ4n) is 2.54. The van der Waals surface area contributed by atoms with E-state index in [0.717, 1.165) is 8.78 Å². The molecule has 0 spiro atoms. The molecule has 0 heterocycles. The molecule has 0 atom stereocenters. The SMILES string of the molecule is O=Nc1cccc(NC(=O)c2cccc(N(c3ccc(Br)cc3)[SH](=O)=O)c2)c1. The maximum Gasteiger partial charge on any atom is 0.255 e. The largest absolute Gasteiger partial charge is 0.322 e. The number of nitrogens with one attached hydrogen (secondary N) is 1. The molecule has 1 amide bonds. The molecule has 0 unspecified atom stereocenters. The van der Waals surface area contributed by atoms with Crippen LogP contribution in [0.1, 0.15) is 10.4 Å². The number of benzene rings is 3. The van der Waals surface area contributed by atoms with Crippen LogP contribution in [0.2, 0.25) is 0 Å². The minimum absolute atomic E-state index is 0.191. The van der Waals surface area contributed by atoms with Gasteiger partial charge in [-0.1, -0.05) is 28.1 Å². The van der Waals surface area contributed by atoms with Gasteiger partial charge in [0.2, 0.25) is 10.9 Å². The predicted octanol–water partition coefficient (Wildman–Crippen LogP) is 4.76. The molecule has 9 heteroatoms. The first-order valence-electron chi connectivity index (χ1n) is 8.03. The first-order chi connectivity index (χ1) is 13.5. The summed E-state index contributed by atoms with van der Waals surface area (Å²) in [5.74, 6) is -0.443. The van der Waals surface area contributed by atoms with Crippen LogP contribution in [0.4, 0.5) is 22.7 Å². The van der Waals surface area contributed by atoms with Crippen LogP contribution in [0.15, 0.2) is 82.4 Å². The molecule has 3 aromatic rings. The lowest BCUT2D eigenvalue weighted by Crippen LogP contribution is -2.16. The highest BCUT2D eigenvalue weighted by Crippen LogP contribution is 2.28. The minimum Gasteiger partial charge on any atom is -0.322 e. The van der Waals surface area contributed by atoms with E-state index in [4.69, 9.17) is 0 Å². The monoisotopic (exact) mass is 459 g/mol. The average Bonchev–Trinajstić information content (AvgIpc) is 2.70. The summed E-state index contributed by atoms with van der Waals surface area (Å²) in [6.45, 7) is 0. The Morgan fingerprint density at radius 3 is 2.32 bits per heavy atom. The Kier molecular flexibility index (Phi) is 6.17. The summed E-state index contributed by atoms with van der Waals surface area (Å²) in [7, 11) is -2.97. The molecule has 142 valence electrons. The molecule has 1 N–H and O–H groups in total. The number of thiol groups is 1.